The van der Waals surface area contributed by atoms with Crippen molar-refractivity contribution in [3.63, 3.8) is 0 Å². The Bertz CT molecular complexity index is 490. The van der Waals surface area contributed by atoms with Gasteiger partial charge in [0.2, 0.25) is 0 Å². The molecule has 0 radical (unpaired) electrons. The topological polar surface area (TPSA) is 57.6 Å². The first-order chi connectivity index (χ1) is 8.04. The largest absolute Gasteiger partial charge is 0.390 e. The SMILES string of the molecule is O=C1c2ccc(Br)cc2C(=O)N1CC(O)CBr. The van der Waals surface area contributed by atoms with Gasteiger partial charge in [0.15, 0.2) is 0 Å². The number of aliphatic hydroxyl groups excluding tert-OH is 1. The molecule has 2 rings (SSSR count). The van der Waals surface area contributed by atoms with Gasteiger partial charge in [-0.05, 0) is 18.2 Å². The van der Waals surface area contributed by atoms with Crippen LogP contribution in [0.3, 0.4) is 0 Å². The fourth-order valence-electron chi connectivity index (χ4n) is 1.69. The lowest BCUT2D eigenvalue weighted by Gasteiger charge is -2.16. The lowest BCUT2D eigenvalue weighted by atomic mass is 10.1. The number of imide groups is 1. The molecule has 0 aromatic heterocycles. The summed E-state index contributed by atoms with van der Waals surface area (Å²) < 4.78 is 0.750. The van der Waals surface area contributed by atoms with E-state index in [1.54, 1.807) is 18.2 Å². The predicted octanol–water partition coefficient (Wildman–Crippen LogP) is 1.80. The Morgan fingerprint density at radius 1 is 1.24 bits per heavy atom. The molecule has 0 saturated heterocycles. The summed E-state index contributed by atoms with van der Waals surface area (Å²) in [5.74, 6) is -0.705. The third-order valence-corrected chi connectivity index (χ3v) is 3.74. The molecule has 17 heavy (non-hydrogen) atoms. The molecule has 1 aromatic rings. The number of carbonyl (C=O) groups is 2. The summed E-state index contributed by atoms with van der Waals surface area (Å²) >= 11 is 6.36. The summed E-state index contributed by atoms with van der Waals surface area (Å²) in [6.07, 6.45) is -0.749. The van der Waals surface area contributed by atoms with Crippen LogP contribution in [0.4, 0.5) is 0 Å². The molecule has 6 heteroatoms. The third kappa shape index (κ3) is 2.29. The Morgan fingerprint density at radius 2 is 1.88 bits per heavy atom. The van der Waals surface area contributed by atoms with Crippen molar-refractivity contribution in [1.29, 1.82) is 0 Å². The summed E-state index contributed by atoms with van der Waals surface area (Å²) in [5, 5.41) is 9.81. The molecule has 0 saturated carbocycles. The maximum Gasteiger partial charge on any atom is 0.261 e. The normalized spacial score (nSPS) is 16.3. The van der Waals surface area contributed by atoms with Crippen molar-refractivity contribution in [1.82, 2.24) is 4.90 Å². The molecule has 90 valence electrons. The Balaban J connectivity index is 2.32. The number of hydrogen-bond acceptors (Lipinski definition) is 3. The molecule has 1 atom stereocenters. The van der Waals surface area contributed by atoms with E-state index in [9.17, 15) is 14.7 Å². The molecule has 0 fully saturated rings. The van der Waals surface area contributed by atoms with E-state index in [2.05, 4.69) is 31.9 Å². The van der Waals surface area contributed by atoms with Crippen molar-refractivity contribution in [2.24, 2.45) is 0 Å². The highest BCUT2D eigenvalue weighted by molar-refractivity contribution is 9.10. The summed E-state index contributed by atoms with van der Waals surface area (Å²) in [7, 11) is 0. The minimum absolute atomic E-state index is 0.00914. The molecule has 1 unspecified atom stereocenters. The van der Waals surface area contributed by atoms with Gasteiger partial charge < -0.3 is 5.11 Å². The zero-order valence-corrected chi connectivity index (χ0v) is 11.9. The van der Waals surface area contributed by atoms with Crippen molar-refractivity contribution in [3.05, 3.63) is 33.8 Å². The van der Waals surface area contributed by atoms with E-state index < -0.39 is 6.10 Å². The zero-order chi connectivity index (χ0) is 12.6. The molecule has 1 heterocycles. The lowest BCUT2D eigenvalue weighted by Crippen LogP contribution is -2.37. The van der Waals surface area contributed by atoms with Crippen molar-refractivity contribution in [2.45, 2.75) is 6.10 Å². The number of hydrogen-bond donors (Lipinski definition) is 1. The quantitative estimate of drug-likeness (QED) is 0.659. The van der Waals surface area contributed by atoms with E-state index in [0.717, 1.165) is 9.37 Å². The highest BCUT2D eigenvalue weighted by Gasteiger charge is 2.36. The number of aliphatic hydroxyl groups is 1. The van der Waals surface area contributed by atoms with Gasteiger partial charge in [0.1, 0.15) is 0 Å². The zero-order valence-electron chi connectivity index (χ0n) is 8.69. The Morgan fingerprint density at radius 3 is 2.53 bits per heavy atom. The lowest BCUT2D eigenvalue weighted by molar-refractivity contribution is 0.0568. The van der Waals surface area contributed by atoms with Gasteiger partial charge in [0.05, 0.1) is 23.8 Å². The number of benzene rings is 1. The maximum atomic E-state index is 12.0. The van der Waals surface area contributed by atoms with Gasteiger partial charge in [-0.3, -0.25) is 14.5 Å². The second-order valence-electron chi connectivity index (χ2n) is 3.72. The first kappa shape index (κ1) is 12.7. The predicted molar refractivity (Wildman–Crippen MR) is 69.3 cm³/mol. The van der Waals surface area contributed by atoms with Gasteiger partial charge in [-0.1, -0.05) is 31.9 Å². The van der Waals surface area contributed by atoms with Gasteiger partial charge in [-0.15, -0.1) is 0 Å². The standard InChI is InChI=1S/C11H9Br2NO3/c12-4-7(15)5-14-10(16)8-2-1-6(13)3-9(8)11(14)17/h1-3,7,15H,4-5H2. The van der Waals surface area contributed by atoms with E-state index in [1.807, 2.05) is 0 Å². The molecule has 1 aromatic carbocycles. The first-order valence-corrected chi connectivity index (χ1v) is 6.86. The van der Waals surface area contributed by atoms with E-state index in [0.29, 0.717) is 16.5 Å². The number of halogens is 2. The average molecular weight is 363 g/mol. The molecule has 0 bridgehead atoms. The molecular formula is C11H9Br2NO3. The van der Waals surface area contributed by atoms with Crippen molar-refractivity contribution < 1.29 is 14.7 Å². The van der Waals surface area contributed by atoms with Crippen LogP contribution in [0.5, 0.6) is 0 Å². The van der Waals surface area contributed by atoms with Gasteiger partial charge >= 0.3 is 0 Å². The van der Waals surface area contributed by atoms with Crippen LogP contribution in [0.2, 0.25) is 0 Å². The fourth-order valence-corrected chi connectivity index (χ4v) is 2.25. The molecule has 2 amide bonds. The molecule has 0 aliphatic carbocycles. The van der Waals surface area contributed by atoms with Crippen LogP contribution in [-0.4, -0.2) is 39.8 Å². The van der Waals surface area contributed by atoms with Gasteiger partial charge in [-0.25, -0.2) is 0 Å². The number of fused-ring (bicyclic) bond motifs is 1. The summed E-state index contributed by atoms with van der Waals surface area (Å²) in [6.45, 7) is 0.00914. The molecular weight excluding hydrogens is 354 g/mol. The summed E-state index contributed by atoms with van der Waals surface area (Å²) in [6, 6.07) is 4.95. The van der Waals surface area contributed by atoms with Gasteiger partial charge in [0.25, 0.3) is 11.8 Å². The van der Waals surface area contributed by atoms with Crippen molar-refractivity contribution in [2.75, 3.05) is 11.9 Å². The van der Waals surface area contributed by atoms with Gasteiger partial charge in [0, 0.05) is 9.80 Å². The molecule has 0 spiro atoms. The number of alkyl halides is 1. The van der Waals surface area contributed by atoms with E-state index in [-0.39, 0.29) is 18.4 Å². The number of nitrogens with zero attached hydrogens (tertiary/aromatic N) is 1. The minimum atomic E-state index is -0.749. The van der Waals surface area contributed by atoms with E-state index in [4.69, 9.17) is 0 Å². The Kier molecular flexibility index (Phi) is 3.65. The van der Waals surface area contributed by atoms with E-state index in [1.165, 1.54) is 0 Å². The maximum absolute atomic E-state index is 12.0. The second kappa shape index (κ2) is 4.88. The van der Waals surface area contributed by atoms with Crippen LogP contribution < -0.4 is 0 Å². The third-order valence-electron chi connectivity index (χ3n) is 2.50. The number of β-amino-alcohol motifs (C(OH)–C–C–N with tert-alkyl or cyclic N) is 1. The van der Waals surface area contributed by atoms with Crippen molar-refractivity contribution >= 4 is 43.7 Å². The van der Waals surface area contributed by atoms with Crippen molar-refractivity contribution in [3.8, 4) is 0 Å². The number of amides is 2. The number of rotatable bonds is 3. The monoisotopic (exact) mass is 361 g/mol. The Hall–Kier alpha value is -0.720. The molecule has 1 aliphatic rings. The van der Waals surface area contributed by atoms with Crippen LogP contribution in [0.15, 0.2) is 22.7 Å². The van der Waals surface area contributed by atoms with Crippen LogP contribution in [0.1, 0.15) is 20.7 Å². The van der Waals surface area contributed by atoms with Crippen LogP contribution in [-0.2, 0) is 0 Å². The van der Waals surface area contributed by atoms with Crippen LogP contribution >= 0.6 is 31.9 Å². The Labute approximate surface area is 115 Å². The molecule has 4 nitrogen and oxygen atoms in total. The van der Waals surface area contributed by atoms with Gasteiger partial charge in [-0.2, -0.15) is 0 Å². The van der Waals surface area contributed by atoms with E-state index >= 15 is 0 Å². The van der Waals surface area contributed by atoms with Crippen LogP contribution in [0, 0.1) is 0 Å². The highest BCUT2D eigenvalue weighted by Crippen LogP contribution is 2.26. The summed E-state index contributed by atoms with van der Waals surface area (Å²) in [4.78, 5) is 25.0. The second-order valence-corrected chi connectivity index (χ2v) is 5.28. The highest BCUT2D eigenvalue weighted by atomic mass is 79.9. The summed E-state index contributed by atoms with van der Waals surface area (Å²) in [5.41, 5.74) is 0.770. The average Bonchev–Trinajstić information content (AvgIpc) is 2.54. The molecule has 1 N–H and O–H groups in total. The fraction of sp³-hybridized carbons (Fsp3) is 0.273. The minimum Gasteiger partial charge on any atom is -0.390 e. The smallest absolute Gasteiger partial charge is 0.261 e. The first-order valence-electron chi connectivity index (χ1n) is 4.94. The molecule has 1 aliphatic heterocycles. The number of carbonyl (C=O) groups excluding carboxylic acids is 2. The van der Waals surface area contributed by atoms with Crippen LogP contribution in [0.25, 0.3) is 0 Å².